The molecule has 1 aliphatic rings. The van der Waals surface area contributed by atoms with Crippen molar-refractivity contribution < 1.29 is 0 Å². The third kappa shape index (κ3) is 1.89. The molecule has 0 saturated heterocycles. The minimum absolute atomic E-state index is 0.754. The third-order valence-corrected chi connectivity index (χ3v) is 4.51. The van der Waals surface area contributed by atoms with Gasteiger partial charge in [0.2, 0.25) is 0 Å². The van der Waals surface area contributed by atoms with E-state index in [2.05, 4.69) is 31.7 Å². The molecule has 2 heterocycles. The van der Waals surface area contributed by atoms with Gasteiger partial charge < -0.3 is 0 Å². The van der Waals surface area contributed by atoms with Crippen LogP contribution < -0.4 is 0 Å². The van der Waals surface area contributed by atoms with Crippen LogP contribution in [-0.4, -0.2) is 5.25 Å². The van der Waals surface area contributed by atoms with Crippen LogP contribution in [0, 0.1) is 0 Å². The summed E-state index contributed by atoms with van der Waals surface area (Å²) in [6.07, 6.45) is 5.47. The fraction of sp³-hybridized carbons (Fsp3) is 0.273. The van der Waals surface area contributed by atoms with E-state index in [0.29, 0.717) is 0 Å². The van der Waals surface area contributed by atoms with E-state index in [0.717, 1.165) is 5.25 Å². The van der Waals surface area contributed by atoms with Gasteiger partial charge in [-0.2, -0.15) is 0 Å². The molecule has 0 aromatic carbocycles. The first kappa shape index (κ1) is 9.10. The topological polar surface area (TPSA) is 0 Å². The lowest BCUT2D eigenvalue weighted by Crippen LogP contribution is -1.83. The van der Waals surface area contributed by atoms with Crippen LogP contribution in [-0.2, 0) is 0 Å². The molecule has 0 fully saturated rings. The Morgan fingerprint density at radius 3 is 2.92 bits per heavy atom. The molecule has 0 N–H and O–H groups in total. The van der Waals surface area contributed by atoms with Crippen LogP contribution in [0.15, 0.2) is 24.8 Å². The highest BCUT2D eigenvalue weighted by Gasteiger charge is 2.15. The van der Waals surface area contributed by atoms with Crippen molar-refractivity contribution in [1.29, 1.82) is 0 Å². The Morgan fingerprint density at radius 2 is 2.38 bits per heavy atom. The Kier molecular flexibility index (Phi) is 2.61. The van der Waals surface area contributed by atoms with E-state index in [1.807, 2.05) is 29.2 Å². The van der Waals surface area contributed by atoms with Crippen molar-refractivity contribution in [2.24, 2.45) is 0 Å². The van der Waals surface area contributed by atoms with E-state index in [4.69, 9.17) is 0 Å². The molecule has 2 heteroatoms. The standard InChI is InChI=1S/C11H12S2/c1-3-9-5-7-11(13-9)10-6-4-8(2)12-10/h3,5-8H,1,4H2,2H3. The van der Waals surface area contributed by atoms with Crippen molar-refractivity contribution in [2.45, 2.75) is 18.6 Å². The smallest absolute Gasteiger partial charge is 0.0409 e. The molecule has 0 saturated carbocycles. The van der Waals surface area contributed by atoms with Gasteiger partial charge in [0.15, 0.2) is 0 Å². The highest BCUT2D eigenvalue weighted by molar-refractivity contribution is 8.09. The SMILES string of the molecule is C=Cc1ccc(C2=CCC(C)S2)s1. The highest BCUT2D eigenvalue weighted by Crippen LogP contribution is 2.41. The number of rotatable bonds is 2. The zero-order valence-corrected chi connectivity index (χ0v) is 9.25. The number of allylic oxidation sites excluding steroid dienone is 1. The summed E-state index contributed by atoms with van der Waals surface area (Å²) in [4.78, 5) is 4.10. The van der Waals surface area contributed by atoms with E-state index in [-0.39, 0.29) is 0 Å². The lowest BCUT2D eigenvalue weighted by atomic mass is 10.3. The first-order valence-corrected chi connectivity index (χ1v) is 6.08. The van der Waals surface area contributed by atoms with Gasteiger partial charge in [0.1, 0.15) is 0 Å². The van der Waals surface area contributed by atoms with Crippen LogP contribution in [0.3, 0.4) is 0 Å². The molecule has 1 aliphatic heterocycles. The third-order valence-electron chi connectivity index (χ3n) is 2.03. The molecular formula is C11H12S2. The molecular weight excluding hydrogens is 196 g/mol. The first-order valence-electron chi connectivity index (χ1n) is 4.39. The fourth-order valence-corrected chi connectivity index (χ4v) is 3.40. The lowest BCUT2D eigenvalue weighted by molar-refractivity contribution is 1.00. The van der Waals surface area contributed by atoms with Gasteiger partial charge in [-0.1, -0.05) is 25.7 Å². The molecule has 0 amide bonds. The summed E-state index contributed by atoms with van der Waals surface area (Å²) >= 11 is 3.80. The average Bonchev–Trinajstić information content (AvgIpc) is 2.71. The van der Waals surface area contributed by atoms with Crippen molar-refractivity contribution in [3.8, 4) is 0 Å². The molecule has 1 aromatic heterocycles. The van der Waals surface area contributed by atoms with Crippen molar-refractivity contribution in [3.63, 3.8) is 0 Å². The van der Waals surface area contributed by atoms with E-state index in [1.165, 1.54) is 21.1 Å². The molecule has 1 aromatic rings. The van der Waals surface area contributed by atoms with E-state index < -0.39 is 0 Å². The summed E-state index contributed by atoms with van der Waals surface area (Å²) in [5.74, 6) is 0. The van der Waals surface area contributed by atoms with Crippen LogP contribution in [0.1, 0.15) is 23.1 Å². The maximum atomic E-state index is 3.77. The number of hydrogen-bond donors (Lipinski definition) is 0. The predicted octanol–water partition coefficient (Wildman–Crippen LogP) is 4.26. The predicted molar refractivity (Wildman–Crippen MR) is 64.1 cm³/mol. The fourth-order valence-electron chi connectivity index (χ4n) is 1.34. The van der Waals surface area contributed by atoms with Gasteiger partial charge in [-0.15, -0.1) is 23.1 Å². The van der Waals surface area contributed by atoms with Crippen molar-refractivity contribution in [1.82, 2.24) is 0 Å². The zero-order chi connectivity index (χ0) is 9.26. The molecule has 0 bridgehead atoms. The first-order chi connectivity index (χ1) is 6.29. The van der Waals surface area contributed by atoms with Crippen LogP contribution >= 0.6 is 23.1 Å². The van der Waals surface area contributed by atoms with Gasteiger partial charge in [-0.25, -0.2) is 0 Å². The normalized spacial score (nSPS) is 21.6. The van der Waals surface area contributed by atoms with Gasteiger partial charge in [0.25, 0.3) is 0 Å². The largest absolute Gasteiger partial charge is 0.135 e. The quantitative estimate of drug-likeness (QED) is 0.700. The van der Waals surface area contributed by atoms with Gasteiger partial charge in [-0.05, 0) is 18.6 Å². The summed E-state index contributed by atoms with van der Waals surface area (Å²) in [5.41, 5.74) is 0. The van der Waals surface area contributed by atoms with Gasteiger partial charge >= 0.3 is 0 Å². The van der Waals surface area contributed by atoms with E-state index in [9.17, 15) is 0 Å². The number of thiophene rings is 1. The second-order valence-corrected chi connectivity index (χ2v) is 5.73. The summed E-state index contributed by atoms with van der Waals surface area (Å²) in [5, 5.41) is 0.754. The summed E-state index contributed by atoms with van der Waals surface area (Å²) in [6, 6.07) is 4.33. The minimum atomic E-state index is 0.754. The molecule has 13 heavy (non-hydrogen) atoms. The van der Waals surface area contributed by atoms with Crippen LogP contribution in [0.5, 0.6) is 0 Å². The average molecular weight is 208 g/mol. The number of hydrogen-bond acceptors (Lipinski definition) is 2. The van der Waals surface area contributed by atoms with Gasteiger partial charge in [-0.3, -0.25) is 0 Å². The summed E-state index contributed by atoms with van der Waals surface area (Å²) in [7, 11) is 0. The molecule has 0 nitrogen and oxygen atoms in total. The summed E-state index contributed by atoms with van der Waals surface area (Å²) < 4.78 is 0. The summed E-state index contributed by atoms with van der Waals surface area (Å²) in [6.45, 7) is 6.04. The van der Waals surface area contributed by atoms with Crippen molar-refractivity contribution >= 4 is 34.1 Å². The molecule has 68 valence electrons. The second-order valence-electron chi connectivity index (χ2n) is 3.14. The second kappa shape index (κ2) is 3.72. The van der Waals surface area contributed by atoms with Crippen molar-refractivity contribution in [3.05, 3.63) is 34.5 Å². The Bertz CT molecular complexity index is 347. The van der Waals surface area contributed by atoms with Gasteiger partial charge in [0.05, 0.1) is 0 Å². The van der Waals surface area contributed by atoms with Crippen LogP contribution in [0.2, 0.25) is 0 Å². The highest BCUT2D eigenvalue weighted by atomic mass is 32.2. The minimum Gasteiger partial charge on any atom is -0.135 e. The Balaban J connectivity index is 2.21. The zero-order valence-electron chi connectivity index (χ0n) is 7.62. The maximum Gasteiger partial charge on any atom is 0.0409 e. The molecule has 2 rings (SSSR count). The van der Waals surface area contributed by atoms with Crippen molar-refractivity contribution in [2.75, 3.05) is 0 Å². The number of thioether (sulfide) groups is 1. The molecule has 0 spiro atoms. The van der Waals surface area contributed by atoms with Crippen LogP contribution in [0.4, 0.5) is 0 Å². The molecule has 1 atom stereocenters. The Hall–Kier alpha value is -0.470. The Morgan fingerprint density at radius 1 is 1.54 bits per heavy atom. The van der Waals surface area contributed by atoms with E-state index in [1.54, 1.807) is 0 Å². The Labute approximate surface area is 87.4 Å². The monoisotopic (exact) mass is 208 g/mol. The lowest BCUT2D eigenvalue weighted by Gasteiger charge is -1.99. The van der Waals surface area contributed by atoms with Crippen LogP contribution in [0.25, 0.3) is 11.0 Å². The molecule has 0 radical (unpaired) electrons. The maximum absolute atomic E-state index is 3.77. The molecule has 1 unspecified atom stereocenters. The van der Waals surface area contributed by atoms with Gasteiger partial charge in [0, 0.05) is 19.9 Å². The van der Waals surface area contributed by atoms with E-state index >= 15 is 0 Å². The molecule has 0 aliphatic carbocycles.